The molecule has 1 N–H and O–H groups in total. The lowest BCUT2D eigenvalue weighted by Crippen LogP contribution is -2.60. The minimum Gasteiger partial charge on any atom is -0.386 e. The molecule has 0 atom stereocenters. The van der Waals surface area contributed by atoms with Crippen LogP contribution in [-0.2, 0) is 19.9 Å². The Kier molecular flexibility index (Phi) is 4.51. The number of rotatable bonds is 5. The fraction of sp³-hybridized carbons (Fsp3) is 0.292. The summed E-state index contributed by atoms with van der Waals surface area (Å²) in [6, 6.07) is 18.3. The molecule has 0 saturated carbocycles. The van der Waals surface area contributed by atoms with E-state index in [1.807, 2.05) is 56.4 Å². The third-order valence-corrected chi connectivity index (χ3v) is 5.61. The second-order valence-electron chi connectivity index (χ2n) is 8.35. The number of anilines is 1. The zero-order valence-corrected chi connectivity index (χ0v) is 17.3. The number of benzene rings is 2. The molecule has 0 aliphatic carbocycles. The number of hydrogen-bond acceptors (Lipinski definition) is 5. The van der Waals surface area contributed by atoms with Gasteiger partial charge in [0.1, 0.15) is 17.5 Å². The van der Waals surface area contributed by atoms with Crippen molar-refractivity contribution < 1.29 is 5.11 Å². The molecular weight excluding hydrogens is 374 g/mol. The number of hydrogen-bond donors (Lipinski definition) is 1. The third kappa shape index (κ3) is 3.55. The summed E-state index contributed by atoms with van der Waals surface area (Å²) in [6.07, 6.45) is 3.54. The summed E-state index contributed by atoms with van der Waals surface area (Å²) in [7, 11) is 2.03. The van der Waals surface area contributed by atoms with Crippen molar-refractivity contribution in [1.29, 1.82) is 0 Å². The van der Waals surface area contributed by atoms with Crippen molar-refractivity contribution >= 4 is 16.7 Å². The molecule has 2 aromatic heterocycles. The van der Waals surface area contributed by atoms with Gasteiger partial charge in [0.15, 0.2) is 0 Å². The van der Waals surface area contributed by atoms with Crippen molar-refractivity contribution in [2.45, 2.75) is 25.4 Å². The molecule has 0 amide bonds. The van der Waals surface area contributed by atoms with Crippen molar-refractivity contribution in [1.82, 2.24) is 19.5 Å². The minimum atomic E-state index is -0.646. The maximum absolute atomic E-state index is 10.2. The second-order valence-corrected chi connectivity index (χ2v) is 8.35. The highest BCUT2D eigenvalue weighted by Gasteiger charge is 2.38. The number of β-amino-alcohol motifs (C(OH)–C–C–N with tert-alkyl or cyclic N) is 1. The maximum Gasteiger partial charge on any atom is 0.140 e. The molecule has 3 heterocycles. The van der Waals surface area contributed by atoms with E-state index >= 15 is 0 Å². The Morgan fingerprint density at radius 2 is 1.67 bits per heavy atom. The summed E-state index contributed by atoms with van der Waals surface area (Å²) in [5.41, 5.74) is 2.39. The van der Waals surface area contributed by atoms with E-state index in [1.54, 1.807) is 0 Å². The van der Waals surface area contributed by atoms with Crippen LogP contribution in [0.15, 0.2) is 60.8 Å². The van der Waals surface area contributed by atoms with Crippen molar-refractivity contribution in [3.63, 3.8) is 0 Å². The molecule has 0 radical (unpaired) electrons. The number of aromatic nitrogens is 4. The average molecular weight is 399 g/mol. The minimum absolute atomic E-state index is 0.591. The number of nitrogens with zero attached hydrogens (tertiary/aromatic N) is 5. The maximum atomic E-state index is 10.2. The van der Waals surface area contributed by atoms with Gasteiger partial charge in [-0.15, -0.1) is 0 Å². The summed E-state index contributed by atoms with van der Waals surface area (Å²) in [4.78, 5) is 16.6. The van der Waals surface area contributed by atoms with Gasteiger partial charge in [-0.2, -0.15) is 0 Å². The Balaban J connectivity index is 1.41. The standard InChI is InChI=1S/C24H25N5O/c1-24(30)15-29(16-24)23-18-10-6-7-11-19(18)25-21(27-23)12-13-22-26-20(14-28(22)2)17-8-4-3-5-9-17/h3-11,14,30H,12-13,15-16H2,1-2H3. The van der Waals surface area contributed by atoms with Crippen LogP contribution in [0.3, 0.4) is 0 Å². The largest absolute Gasteiger partial charge is 0.386 e. The van der Waals surface area contributed by atoms with Crippen LogP contribution < -0.4 is 4.90 Å². The predicted molar refractivity (Wildman–Crippen MR) is 118 cm³/mol. The van der Waals surface area contributed by atoms with Gasteiger partial charge in [-0.1, -0.05) is 42.5 Å². The van der Waals surface area contributed by atoms with Crippen LogP contribution in [0, 0.1) is 0 Å². The van der Waals surface area contributed by atoms with Crippen LogP contribution in [0.2, 0.25) is 0 Å². The first-order valence-corrected chi connectivity index (χ1v) is 10.3. The molecule has 1 aliphatic rings. The fourth-order valence-corrected chi connectivity index (χ4v) is 4.09. The number of fused-ring (bicyclic) bond motifs is 1. The summed E-state index contributed by atoms with van der Waals surface area (Å²) in [5, 5.41) is 11.2. The molecule has 6 nitrogen and oxygen atoms in total. The average Bonchev–Trinajstić information content (AvgIpc) is 3.11. The monoisotopic (exact) mass is 399 g/mol. The molecule has 30 heavy (non-hydrogen) atoms. The Hall–Kier alpha value is -3.25. The molecule has 1 saturated heterocycles. The van der Waals surface area contributed by atoms with Crippen LogP contribution in [0.1, 0.15) is 18.6 Å². The Morgan fingerprint density at radius 1 is 0.933 bits per heavy atom. The van der Waals surface area contributed by atoms with Gasteiger partial charge in [-0.05, 0) is 19.1 Å². The van der Waals surface area contributed by atoms with Crippen molar-refractivity contribution in [3.05, 3.63) is 72.4 Å². The van der Waals surface area contributed by atoms with Crippen LogP contribution in [0.4, 0.5) is 5.82 Å². The molecule has 6 heteroatoms. The molecule has 5 rings (SSSR count). The molecule has 0 bridgehead atoms. The highest BCUT2D eigenvalue weighted by Crippen LogP contribution is 2.31. The van der Waals surface area contributed by atoms with E-state index in [1.165, 1.54) is 0 Å². The van der Waals surface area contributed by atoms with Gasteiger partial charge in [-0.25, -0.2) is 15.0 Å². The van der Waals surface area contributed by atoms with E-state index in [0.29, 0.717) is 19.5 Å². The zero-order chi connectivity index (χ0) is 20.7. The van der Waals surface area contributed by atoms with Crippen molar-refractivity contribution in [3.8, 4) is 11.3 Å². The van der Waals surface area contributed by atoms with E-state index in [9.17, 15) is 5.11 Å². The molecule has 152 valence electrons. The lowest BCUT2D eigenvalue weighted by Gasteiger charge is -2.45. The SMILES string of the molecule is Cn1cc(-c2ccccc2)nc1CCc1nc(N2CC(C)(O)C2)c2ccccc2n1. The van der Waals surface area contributed by atoms with Gasteiger partial charge in [-0.3, -0.25) is 0 Å². The molecular formula is C24H25N5O. The Labute approximate surface area is 175 Å². The van der Waals surface area contributed by atoms with E-state index in [0.717, 1.165) is 46.0 Å². The van der Waals surface area contributed by atoms with Crippen LogP contribution >= 0.6 is 0 Å². The van der Waals surface area contributed by atoms with Gasteiger partial charge in [0.25, 0.3) is 0 Å². The highest BCUT2D eigenvalue weighted by molar-refractivity contribution is 5.90. The summed E-state index contributed by atoms with van der Waals surface area (Å²) in [6.45, 7) is 3.04. The molecule has 4 aromatic rings. The first kappa shape index (κ1) is 18.8. The Bertz CT molecular complexity index is 1190. The number of aryl methyl sites for hydroxylation is 3. The summed E-state index contributed by atoms with van der Waals surface area (Å²) >= 11 is 0. The highest BCUT2D eigenvalue weighted by atomic mass is 16.3. The van der Waals surface area contributed by atoms with Gasteiger partial charge >= 0.3 is 0 Å². The van der Waals surface area contributed by atoms with Gasteiger partial charge < -0.3 is 14.6 Å². The predicted octanol–water partition coefficient (Wildman–Crippen LogP) is 3.39. The molecule has 2 aromatic carbocycles. The fourth-order valence-electron chi connectivity index (χ4n) is 4.09. The van der Waals surface area contributed by atoms with E-state index in [2.05, 4.69) is 27.8 Å². The van der Waals surface area contributed by atoms with E-state index in [4.69, 9.17) is 15.0 Å². The van der Waals surface area contributed by atoms with E-state index in [-0.39, 0.29) is 0 Å². The summed E-state index contributed by atoms with van der Waals surface area (Å²) in [5.74, 6) is 2.73. The zero-order valence-electron chi connectivity index (χ0n) is 17.3. The number of imidazole rings is 1. The normalized spacial score (nSPS) is 15.4. The number of para-hydroxylation sites is 1. The smallest absolute Gasteiger partial charge is 0.140 e. The molecule has 0 spiro atoms. The van der Waals surface area contributed by atoms with Crippen LogP contribution in [0.5, 0.6) is 0 Å². The molecule has 1 aliphatic heterocycles. The van der Waals surface area contributed by atoms with Crippen molar-refractivity contribution in [2.24, 2.45) is 7.05 Å². The van der Waals surface area contributed by atoms with Crippen LogP contribution in [0.25, 0.3) is 22.2 Å². The lowest BCUT2D eigenvalue weighted by atomic mass is 9.96. The van der Waals surface area contributed by atoms with E-state index < -0.39 is 5.60 Å². The topological polar surface area (TPSA) is 67.1 Å². The second kappa shape index (κ2) is 7.22. The third-order valence-electron chi connectivity index (χ3n) is 5.61. The molecule has 1 fully saturated rings. The molecule has 0 unspecified atom stereocenters. The van der Waals surface area contributed by atoms with Gasteiger partial charge in [0.05, 0.1) is 16.8 Å². The number of aliphatic hydroxyl groups is 1. The van der Waals surface area contributed by atoms with Gasteiger partial charge in [0.2, 0.25) is 0 Å². The van der Waals surface area contributed by atoms with Crippen LogP contribution in [-0.4, -0.2) is 43.3 Å². The van der Waals surface area contributed by atoms with Crippen molar-refractivity contribution in [2.75, 3.05) is 18.0 Å². The Morgan fingerprint density at radius 3 is 2.43 bits per heavy atom. The first-order valence-electron chi connectivity index (χ1n) is 10.3. The first-order chi connectivity index (χ1) is 14.5. The van der Waals surface area contributed by atoms with Gasteiger partial charge in [0, 0.05) is 50.1 Å². The lowest BCUT2D eigenvalue weighted by molar-refractivity contribution is 0.0307. The summed E-state index contributed by atoms with van der Waals surface area (Å²) < 4.78 is 2.08. The quantitative estimate of drug-likeness (QED) is 0.557.